The SMILES string of the molecule is O=C(c1cc(F)ccc1Br)N1CC(CO)C1. The van der Waals surface area contributed by atoms with Gasteiger partial charge in [-0.05, 0) is 34.1 Å². The Hall–Kier alpha value is -0.940. The van der Waals surface area contributed by atoms with Gasteiger partial charge in [0.2, 0.25) is 0 Å². The zero-order valence-electron chi connectivity index (χ0n) is 8.49. The Kier molecular flexibility index (Phi) is 3.25. The molecule has 1 N–H and O–H groups in total. The molecule has 1 amide bonds. The Morgan fingerprint density at radius 1 is 1.56 bits per heavy atom. The molecule has 1 saturated heterocycles. The van der Waals surface area contributed by atoms with Crippen LogP contribution >= 0.6 is 15.9 Å². The molecule has 2 rings (SSSR count). The van der Waals surface area contributed by atoms with Crippen molar-refractivity contribution >= 4 is 21.8 Å². The molecule has 1 aliphatic rings. The molecule has 0 atom stereocenters. The lowest BCUT2D eigenvalue weighted by atomic mass is 10.00. The zero-order valence-corrected chi connectivity index (χ0v) is 10.1. The van der Waals surface area contributed by atoms with Gasteiger partial charge < -0.3 is 10.0 Å². The second-order valence-electron chi connectivity index (χ2n) is 3.88. The minimum absolute atomic E-state index is 0.0914. The molecule has 86 valence electrons. The molecule has 1 aromatic rings. The lowest BCUT2D eigenvalue weighted by molar-refractivity contribution is 0.0360. The molecule has 0 unspecified atom stereocenters. The van der Waals surface area contributed by atoms with Crippen LogP contribution in [0.1, 0.15) is 10.4 Å². The highest BCUT2D eigenvalue weighted by atomic mass is 79.9. The van der Waals surface area contributed by atoms with E-state index in [-0.39, 0.29) is 18.4 Å². The molecule has 0 bridgehead atoms. The second kappa shape index (κ2) is 4.51. The first-order valence-corrected chi connectivity index (χ1v) is 5.76. The Morgan fingerprint density at radius 3 is 2.88 bits per heavy atom. The quantitative estimate of drug-likeness (QED) is 0.899. The van der Waals surface area contributed by atoms with E-state index in [0.717, 1.165) is 0 Å². The van der Waals surface area contributed by atoms with Gasteiger partial charge in [-0.15, -0.1) is 0 Å². The van der Waals surface area contributed by atoms with Crippen LogP contribution < -0.4 is 0 Å². The van der Waals surface area contributed by atoms with E-state index < -0.39 is 5.82 Å². The molecule has 0 radical (unpaired) electrons. The second-order valence-corrected chi connectivity index (χ2v) is 4.74. The van der Waals surface area contributed by atoms with Gasteiger partial charge in [0, 0.05) is 30.1 Å². The van der Waals surface area contributed by atoms with Gasteiger partial charge in [0.15, 0.2) is 0 Å². The van der Waals surface area contributed by atoms with E-state index >= 15 is 0 Å². The fourth-order valence-corrected chi connectivity index (χ4v) is 2.10. The topological polar surface area (TPSA) is 40.5 Å². The summed E-state index contributed by atoms with van der Waals surface area (Å²) in [4.78, 5) is 13.5. The smallest absolute Gasteiger partial charge is 0.255 e. The van der Waals surface area contributed by atoms with Gasteiger partial charge in [0.25, 0.3) is 5.91 Å². The number of aliphatic hydroxyl groups excluding tert-OH is 1. The van der Waals surface area contributed by atoms with Crippen molar-refractivity contribution in [2.45, 2.75) is 0 Å². The molecule has 1 aliphatic heterocycles. The summed E-state index contributed by atoms with van der Waals surface area (Å²) in [6.45, 7) is 1.17. The number of carbonyl (C=O) groups excluding carboxylic acids is 1. The summed E-state index contributed by atoms with van der Waals surface area (Å²) in [5.74, 6) is -0.460. The number of nitrogens with zero attached hydrogens (tertiary/aromatic N) is 1. The maximum absolute atomic E-state index is 13.0. The van der Waals surface area contributed by atoms with E-state index in [1.807, 2.05) is 0 Å². The lowest BCUT2D eigenvalue weighted by Gasteiger charge is -2.38. The number of amides is 1. The van der Waals surface area contributed by atoms with Crippen LogP contribution in [-0.2, 0) is 0 Å². The molecular weight excluding hydrogens is 277 g/mol. The molecule has 3 nitrogen and oxygen atoms in total. The van der Waals surface area contributed by atoms with Crippen molar-refractivity contribution in [3.05, 3.63) is 34.1 Å². The first-order valence-electron chi connectivity index (χ1n) is 4.97. The molecular formula is C11H11BrFNO2. The van der Waals surface area contributed by atoms with Gasteiger partial charge >= 0.3 is 0 Å². The fourth-order valence-electron chi connectivity index (χ4n) is 1.68. The molecule has 0 aliphatic carbocycles. The number of aliphatic hydroxyl groups is 1. The third-order valence-corrected chi connectivity index (χ3v) is 3.35. The van der Waals surface area contributed by atoms with Crippen molar-refractivity contribution in [2.75, 3.05) is 19.7 Å². The summed E-state index contributed by atoms with van der Waals surface area (Å²) in [6.07, 6.45) is 0. The third kappa shape index (κ3) is 2.10. The number of rotatable bonds is 2. The van der Waals surface area contributed by atoms with Crippen LogP contribution in [0.2, 0.25) is 0 Å². The van der Waals surface area contributed by atoms with Crippen LogP contribution in [0.3, 0.4) is 0 Å². The number of carbonyl (C=O) groups is 1. The molecule has 0 aromatic heterocycles. The van der Waals surface area contributed by atoms with E-state index in [9.17, 15) is 9.18 Å². The summed E-state index contributed by atoms with van der Waals surface area (Å²) >= 11 is 3.22. The molecule has 5 heteroatoms. The number of halogens is 2. The van der Waals surface area contributed by atoms with E-state index in [1.54, 1.807) is 4.90 Å². The highest BCUT2D eigenvalue weighted by Crippen LogP contribution is 2.23. The van der Waals surface area contributed by atoms with Crippen molar-refractivity contribution < 1.29 is 14.3 Å². The van der Waals surface area contributed by atoms with Gasteiger partial charge in [0.1, 0.15) is 5.82 Å². The average Bonchev–Trinajstić information content (AvgIpc) is 2.20. The Bertz CT molecular complexity index is 418. The van der Waals surface area contributed by atoms with Crippen LogP contribution in [0.15, 0.2) is 22.7 Å². The van der Waals surface area contributed by atoms with Crippen LogP contribution in [-0.4, -0.2) is 35.6 Å². The summed E-state index contributed by atoms with van der Waals surface area (Å²) in [7, 11) is 0. The van der Waals surface area contributed by atoms with Crippen molar-refractivity contribution in [1.29, 1.82) is 0 Å². The molecule has 1 heterocycles. The van der Waals surface area contributed by atoms with Crippen LogP contribution in [0.4, 0.5) is 4.39 Å². The fraction of sp³-hybridized carbons (Fsp3) is 0.364. The van der Waals surface area contributed by atoms with E-state index in [4.69, 9.17) is 5.11 Å². The third-order valence-electron chi connectivity index (χ3n) is 2.66. The van der Waals surface area contributed by atoms with Crippen molar-refractivity contribution in [3.8, 4) is 0 Å². The monoisotopic (exact) mass is 287 g/mol. The van der Waals surface area contributed by atoms with Gasteiger partial charge in [-0.3, -0.25) is 4.79 Å². The standard InChI is InChI=1S/C11H11BrFNO2/c12-10-2-1-8(13)3-9(10)11(16)14-4-7(5-14)6-15/h1-3,7,15H,4-6H2. The highest BCUT2D eigenvalue weighted by Gasteiger charge is 2.31. The normalized spacial score (nSPS) is 16.1. The largest absolute Gasteiger partial charge is 0.396 e. The first kappa shape index (κ1) is 11.5. The number of benzene rings is 1. The zero-order chi connectivity index (χ0) is 11.7. The number of hydrogen-bond acceptors (Lipinski definition) is 2. The average molecular weight is 288 g/mol. The maximum atomic E-state index is 13.0. The maximum Gasteiger partial charge on any atom is 0.255 e. The Morgan fingerprint density at radius 2 is 2.25 bits per heavy atom. The van der Waals surface area contributed by atoms with Gasteiger partial charge in [-0.25, -0.2) is 4.39 Å². The number of likely N-dealkylation sites (tertiary alicyclic amines) is 1. The first-order chi connectivity index (χ1) is 7.61. The molecule has 16 heavy (non-hydrogen) atoms. The van der Waals surface area contributed by atoms with Crippen LogP contribution in [0, 0.1) is 11.7 Å². The predicted octanol–water partition coefficient (Wildman–Crippen LogP) is 1.65. The molecule has 1 aromatic carbocycles. The molecule has 0 saturated carbocycles. The van der Waals surface area contributed by atoms with Crippen LogP contribution in [0.25, 0.3) is 0 Å². The predicted molar refractivity (Wildman–Crippen MR) is 60.6 cm³/mol. The Balaban J connectivity index is 2.13. The highest BCUT2D eigenvalue weighted by molar-refractivity contribution is 9.10. The van der Waals surface area contributed by atoms with Crippen molar-refractivity contribution in [1.82, 2.24) is 4.90 Å². The lowest BCUT2D eigenvalue weighted by Crippen LogP contribution is -2.51. The van der Waals surface area contributed by atoms with Crippen LogP contribution in [0.5, 0.6) is 0 Å². The van der Waals surface area contributed by atoms with Gasteiger partial charge in [0.05, 0.1) is 5.56 Å². The number of hydrogen-bond donors (Lipinski definition) is 1. The van der Waals surface area contributed by atoms with Gasteiger partial charge in [-0.2, -0.15) is 0 Å². The molecule has 1 fully saturated rings. The van der Waals surface area contributed by atoms with Crippen molar-refractivity contribution in [2.24, 2.45) is 5.92 Å². The van der Waals surface area contributed by atoms with E-state index in [1.165, 1.54) is 18.2 Å². The van der Waals surface area contributed by atoms with E-state index in [0.29, 0.717) is 23.1 Å². The summed E-state index contributed by atoms with van der Waals surface area (Å²) in [5.41, 5.74) is 0.330. The summed E-state index contributed by atoms with van der Waals surface area (Å²) in [6, 6.07) is 4.04. The summed E-state index contributed by atoms with van der Waals surface area (Å²) < 4.78 is 13.6. The minimum Gasteiger partial charge on any atom is -0.396 e. The minimum atomic E-state index is -0.425. The van der Waals surface area contributed by atoms with Crippen molar-refractivity contribution in [3.63, 3.8) is 0 Å². The molecule has 0 spiro atoms. The van der Waals surface area contributed by atoms with E-state index in [2.05, 4.69) is 15.9 Å². The Labute approximate surface area is 101 Å². The van der Waals surface area contributed by atoms with Gasteiger partial charge in [-0.1, -0.05) is 0 Å². The summed E-state index contributed by atoms with van der Waals surface area (Å²) in [5, 5.41) is 8.85.